The Balaban J connectivity index is 2.55. The second-order valence-corrected chi connectivity index (χ2v) is 5.78. The lowest BCUT2D eigenvalue weighted by atomic mass is 10.1. The molecule has 0 atom stereocenters. The minimum atomic E-state index is -0.175. The third-order valence-corrected chi connectivity index (χ3v) is 5.61. The molecular weight excluding hydrogens is 228 g/mol. The van der Waals surface area contributed by atoms with Gasteiger partial charge in [0.05, 0.1) is 10.5 Å². The first-order valence-corrected chi connectivity index (χ1v) is 7.07. The van der Waals surface area contributed by atoms with Crippen molar-refractivity contribution in [1.29, 1.82) is 0 Å². The molecule has 15 heavy (non-hydrogen) atoms. The van der Waals surface area contributed by atoms with Crippen LogP contribution in [0.1, 0.15) is 12.0 Å². The maximum atomic E-state index is 11.5. The Labute approximate surface area is 97.8 Å². The lowest BCUT2D eigenvalue weighted by Crippen LogP contribution is -2.30. The fourth-order valence-electron chi connectivity index (χ4n) is 1.76. The van der Waals surface area contributed by atoms with Gasteiger partial charge < -0.3 is 4.74 Å². The van der Waals surface area contributed by atoms with Gasteiger partial charge in [-0.05, 0) is 18.6 Å². The summed E-state index contributed by atoms with van der Waals surface area (Å²) >= 11 is 3.40. The van der Waals surface area contributed by atoms with Crippen LogP contribution >= 0.6 is 23.5 Å². The van der Waals surface area contributed by atoms with Crippen LogP contribution in [0.4, 0.5) is 0 Å². The smallest absolute Gasteiger partial charge is 0.313 e. The van der Waals surface area contributed by atoms with Gasteiger partial charge in [0, 0.05) is 5.56 Å². The average Bonchev–Trinajstić information content (AvgIpc) is 2.27. The van der Waals surface area contributed by atoms with E-state index in [9.17, 15) is 4.79 Å². The molecule has 1 aliphatic heterocycles. The quantitative estimate of drug-likeness (QED) is 0.451. The van der Waals surface area contributed by atoms with Crippen molar-refractivity contribution >= 4 is 29.5 Å². The summed E-state index contributed by atoms with van der Waals surface area (Å²) in [5.41, 5.74) is 1.12. The van der Waals surface area contributed by atoms with Gasteiger partial charge in [-0.15, -0.1) is 23.5 Å². The predicted octanol–water partition coefficient (Wildman–Crippen LogP) is 2.87. The number of carbonyl (C=O) groups is 1. The highest BCUT2D eigenvalue weighted by Crippen LogP contribution is 2.52. The monoisotopic (exact) mass is 240 g/mol. The molecule has 0 bridgehead atoms. The molecule has 80 valence electrons. The molecule has 0 spiro atoms. The maximum Gasteiger partial charge on any atom is 0.313 e. The van der Waals surface area contributed by atoms with E-state index in [2.05, 4.69) is 0 Å². The summed E-state index contributed by atoms with van der Waals surface area (Å²) in [6.45, 7) is 0. The summed E-state index contributed by atoms with van der Waals surface area (Å²) in [6, 6.07) is 7.77. The fourth-order valence-corrected chi connectivity index (χ4v) is 3.73. The zero-order valence-corrected chi connectivity index (χ0v) is 10.3. The van der Waals surface area contributed by atoms with Gasteiger partial charge >= 0.3 is 5.97 Å². The standard InChI is InChI=1S/C11H12O2S2/c1-14-11(15-2)7-10(12)13-9-6-4-3-5-8(9)11/h3-6H,7H2,1-2H3. The first-order valence-electron chi connectivity index (χ1n) is 4.62. The third-order valence-electron chi connectivity index (χ3n) is 2.56. The van der Waals surface area contributed by atoms with Crippen molar-refractivity contribution in [3.05, 3.63) is 29.8 Å². The second kappa shape index (κ2) is 4.10. The van der Waals surface area contributed by atoms with E-state index < -0.39 is 0 Å². The normalized spacial score (nSPS) is 18.1. The van der Waals surface area contributed by atoms with Crippen LogP contribution in [0.15, 0.2) is 24.3 Å². The van der Waals surface area contributed by atoms with Gasteiger partial charge in [0.25, 0.3) is 0 Å². The first kappa shape index (κ1) is 10.9. The molecule has 1 heterocycles. The lowest BCUT2D eigenvalue weighted by Gasteiger charge is -2.34. The van der Waals surface area contributed by atoms with Crippen molar-refractivity contribution in [2.75, 3.05) is 12.5 Å². The minimum absolute atomic E-state index is 0.141. The van der Waals surface area contributed by atoms with E-state index in [0.29, 0.717) is 12.2 Å². The van der Waals surface area contributed by atoms with Gasteiger partial charge in [0.1, 0.15) is 5.75 Å². The lowest BCUT2D eigenvalue weighted by molar-refractivity contribution is -0.135. The molecular formula is C11H12O2S2. The number of rotatable bonds is 2. The molecule has 2 nitrogen and oxygen atoms in total. The zero-order chi connectivity index (χ0) is 10.9. The highest BCUT2D eigenvalue weighted by atomic mass is 32.2. The predicted molar refractivity (Wildman–Crippen MR) is 65.4 cm³/mol. The number of hydrogen-bond donors (Lipinski definition) is 0. The number of hydrogen-bond acceptors (Lipinski definition) is 4. The Morgan fingerprint density at radius 3 is 2.60 bits per heavy atom. The number of esters is 1. The third kappa shape index (κ3) is 1.76. The van der Waals surface area contributed by atoms with Gasteiger partial charge in [-0.25, -0.2) is 0 Å². The molecule has 0 radical (unpaired) electrons. The molecule has 0 N–H and O–H groups in total. The Morgan fingerprint density at radius 2 is 1.93 bits per heavy atom. The van der Waals surface area contributed by atoms with E-state index in [1.54, 1.807) is 23.5 Å². The van der Waals surface area contributed by atoms with Crippen molar-refractivity contribution in [1.82, 2.24) is 0 Å². The van der Waals surface area contributed by atoms with Gasteiger partial charge in [-0.3, -0.25) is 4.79 Å². The van der Waals surface area contributed by atoms with Gasteiger partial charge in [-0.1, -0.05) is 18.2 Å². The number of para-hydroxylation sites is 1. The van der Waals surface area contributed by atoms with Crippen LogP contribution in [0.2, 0.25) is 0 Å². The molecule has 0 unspecified atom stereocenters. The van der Waals surface area contributed by atoms with E-state index >= 15 is 0 Å². The van der Waals surface area contributed by atoms with Crippen molar-refractivity contribution < 1.29 is 9.53 Å². The fraction of sp³-hybridized carbons (Fsp3) is 0.364. The van der Waals surface area contributed by atoms with Crippen LogP contribution in [0.5, 0.6) is 5.75 Å². The summed E-state index contributed by atoms with van der Waals surface area (Å²) in [6.07, 6.45) is 4.50. The molecule has 1 aromatic carbocycles. The van der Waals surface area contributed by atoms with Crippen LogP contribution in [-0.2, 0) is 8.87 Å². The number of carbonyl (C=O) groups excluding carboxylic acids is 1. The second-order valence-electron chi connectivity index (χ2n) is 3.31. The van der Waals surface area contributed by atoms with Crippen LogP contribution in [-0.4, -0.2) is 18.5 Å². The van der Waals surface area contributed by atoms with E-state index in [1.165, 1.54) is 0 Å². The summed E-state index contributed by atoms with van der Waals surface area (Å²) in [5, 5.41) is 0. The summed E-state index contributed by atoms with van der Waals surface area (Å²) in [4.78, 5) is 11.5. The molecule has 0 aromatic heterocycles. The molecule has 4 heteroatoms. The molecule has 0 fully saturated rings. The van der Waals surface area contributed by atoms with E-state index in [1.807, 2.05) is 36.8 Å². The molecule has 0 saturated heterocycles. The summed E-state index contributed by atoms with van der Waals surface area (Å²) in [5.74, 6) is 0.565. The van der Waals surface area contributed by atoms with Crippen LogP contribution < -0.4 is 4.74 Å². The van der Waals surface area contributed by atoms with E-state index in [4.69, 9.17) is 4.74 Å². The van der Waals surface area contributed by atoms with Crippen LogP contribution in [0.25, 0.3) is 0 Å². The first-order chi connectivity index (χ1) is 7.22. The number of thioether (sulfide) groups is 2. The van der Waals surface area contributed by atoms with Gasteiger partial charge in [0.2, 0.25) is 0 Å². The molecule has 0 saturated carbocycles. The Morgan fingerprint density at radius 1 is 1.27 bits per heavy atom. The van der Waals surface area contributed by atoms with Gasteiger partial charge in [-0.2, -0.15) is 0 Å². The number of ether oxygens (including phenoxy) is 1. The molecule has 1 aliphatic rings. The van der Waals surface area contributed by atoms with E-state index in [-0.39, 0.29) is 10.0 Å². The number of fused-ring (bicyclic) bond motifs is 1. The molecule has 1 aromatic rings. The molecule has 2 rings (SSSR count). The number of benzene rings is 1. The van der Waals surface area contributed by atoms with Crippen LogP contribution in [0, 0.1) is 0 Å². The molecule has 0 amide bonds. The molecule has 0 aliphatic carbocycles. The van der Waals surface area contributed by atoms with Crippen LogP contribution in [0.3, 0.4) is 0 Å². The average molecular weight is 240 g/mol. The van der Waals surface area contributed by atoms with Crippen molar-refractivity contribution in [3.63, 3.8) is 0 Å². The Bertz CT molecular complexity index is 386. The largest absolute Gasteiger partial charge is 0.426 e. The van der Waals surface area contributed by atoms with Crippen molar-refractivity contribution in [3.8, 4) is 5.75 Å². The zero-order valence-electron chi connectivity index (χ0n) is 8.65. The van der Waals surface area contributed by atoms with Crippen molar-refractivity contribution in [2.24, 2.45) is 0 Å². The van der Waals surface area contributed by atoms with Gasteiger partial charge in [0.15, 0.2) is 0 Å². The Hall–Kier alpha value is -0.610. The minimum Gasteiger partial charge on any atom is -0.426 e. The summed E-state index contributed by atoms with van der Waals surface area (Å²) in [7, 11) is 0. The van der Waals surface area contributed by atoms with Crippen molar-refractivity contribution in [2.45, 2.75) is 10.5 Å². The maximum absolute atomic E-state index is 11.5. The highest BCUT2D eigenvalue weighted by molar-refractivity contribution is 8.16. The Kier molecular flexibility index (Phi) is 2.98. The highest BCUT2D eigenvalue weighted by Gasteiger charge is 2.40. The SMILES string of the molecule is CSC1(SC)CC(=O)Oc2ccccc21. The van der Waals surface area contributed by atoms with E-state index in [0.717, 1.165) is 5.56 Å². The topological polar surface area (TPSA) is 26.3 Å². The summed E-state index contributed by atoms with van der Waals surface area (Å²) < 4.78 is 5.05.